The van der Waals surface area contributed by atoms with Crippen molar-refractivity contribution in [3.05, 3.63) is 33.6 Å². The molecule has 0 amide bonds. The third kappa shape index (κ3) is 4.58. The molecule has 0 bridgehead atoms. The van der Waals surface area contributed by atoms with Gasteiger partial charge in [-0.1, -0.05) is 29.6 Å². The van der Waals surface area contributed by atoms with Gasteiger partial charge in [0.1, 0.15) is 5.82 Å². The molecule has 23 heavy (non-hydrogen) atoms. The molecule has 2 saturated heterocycles. The molecule has 0 radical (unpaired) electrons. The number of rotatable bonds is 4. The summed E-state index contributed by atoms with van der Waals surface area (Å²) in [6.45, 7) is 6.84. The standard InChI is InChI=1S/C17H23Cl2FN2O/c18-14-11-15(19)16(20)10-13(14)17-12-22(8-9-23-17)7-6-21-4-2-1-3-5-21/h10-11,17H,1-9,12H2. The first kappa shape index (κ1) is 17.4. The van der Waals surface area contributed by atoms with Gasteiger partial charge in [-0.25, -0.2) is 4.39 Å². The largest absolute Gasteiger partial charge is 0.371 e. The number of benzene rings is 1. The smallest absolute Gasteiger partial charge is 0.142 e. The lowest BCUT2D eigenvalue weighted by Crippen LogP contribution is -2.43. The van der Waals surface area contributed by atoms with Crippen molar-refractivity contribution >= 4 is 23.2 Å². The van der Waals surface area contributed by atoms with Crippen molar-refractivity contribution in [1.29, 1.82) is 0 Å². The molecule has 2 aliphatic rings. The quantitative estimate of drug-likeness (QED) is 0.755. The second kappa shape index (κ2) is 8.13. The van der Waals surface area contributed by atoms with Crippen LogP contribution >= 0.6 is 23.2 Å². The molecule has 0 aromatic heterocycles. The number of hydrogen-bond acceptors (Lipinski definition) is 3. The van der Waals surface area contributed by atoms with Gasteiger partial charge < -0.3 is 9.64 Å². The minimum Gasteiger partial charge on any atom is -0.371 e. The van der Waals surface area contributed by atoms with Gasteiger partial charge in [-0.05, 0) is 38.1 Å². The van der Waals surface area contributed by atoms with Crippen molar-refractivity contribution < 1.29 is 9.13 Å². The van der Waals surface area contributed by atoms with Crippen molar-refractivity contribution in [2.24, 2.45) is 0 Å². The molecule has 2 aliphatic heterocycles. The fraction of sp³-hybridized carbons (Fsp3) is 0.647. The molecule has 1 unspecified atom stereocenters. The van der Waals surface area contributed by atoms with Crippen LogP contribution < -0.4 is 0 Å². The third-order valence-corrected chi connectivity index (χ3v) is 5.34. The van der Waals surface area contributed by atoms with E-state index in [-0.39, 0.29) is 11.1 Å². The highest BCUT2D eigenvalue weighted by atomic mass is 35.5. The molecule has 0 saturated carbocycles. The summed E-state index contributed by atoms with van der Waals surface area (Å²) in [5.41, 5.74) is 0.691. The maximum Gasteiger partial charge on any atom is 0.142 e. The molecule has 1 aromatic carbocycles. The predicted octanol–water partition coefficient (Wildman–Crippen LogP) is 3.99. The molecule has 3 rings (SSSR count). The second-order valence-electron chi connectivity index (χ2n) is 6.35. The van der Waals surface area contributed by atoms with Crippen LogP contribution in [0, 0.1) is 5.82 Å². The SMILES string of the molecule is Fc1cc(C2CN(CCN3CCCCC3)CCO2)c(Cl)cc1Cl. The average molecular weight is 361 g/mol. The van der Waals surface area contributed by atoms with E-state index in [1.165, 1.54) is 44.5 Å². The van der Waals surface area contributed by atoms with Crippen LogP contribution in [0.2, 0.25) is 10.0 Å². The summed E-state index contributed by atoms with van der Waals surface area (Å²) >= 11 is 12.0. The first-order chi connectivity index (χ1) is 11.1. The Morgan fingerprint density at radius 2 is 1.74 bits per heavy atom. The van der Waals surface area contributed by atoms with Gasteiger partial charge in [-0.3, -0.25) is 4.90 Å². The summed E-state index contributed by atoms with van der Waals surface area (Å²) < 4.78 is 19.5. The fourth-order valence-electron chi connectivity index (χ4n) is 3.34. The third-order valence-electron chi connectivity index (χ3n) is 4.72. The Labute approximate surface area is 147 Å². The Balaban J connectivity index is 1.58. The lowest BCUT2D eigenvalue weighted by molar-refractivity contribution is -0.0325. The lowest BCUT2D eigenvalue weighted by Gasteiger charge is -2.35. The summed E-state index contributed by atoms with van der Waals surface area (Å²) in [6, 6.07) is 2.87. The molecule has 0 N–H and O–H groups in total. The van der Waals surface area contributed by atoms with Crippen LogP contribution in [0.3, 0.4) is 0 Å². The van der Waals surface area contributed by atoms with Gasteiger partial charge in [-0.2, -0.15) is 0 Å². The Morgan fingerprint density at radius 1 is 1.00 bits per heavy atom. The van der Waals surface area contributed by atoms with Crippen molar-refractivity contribution in [3.8, 4) is 0 Å². The van der Waals surface area contributed by atoms with Crippen molar-refractivity contribution in [2.45, 2.75) is 25.4 Å². The average Bonchev–Trinajstić information content (AvgIpc) is 2.57. The highest BCUT2D eigenvalue weighted by Gasteiger charge is 2.25. The van der Waals surface area contributed by atoms with Gasteiger partial charge in [0.25, 0.3) is 0 Å². The molecule has 0 spiro atoms. The van der Waals surface area contributed by atoms with E-state index in [0.29, 0.717) is 17.2 Å². The predicted molar refractivity (Wildman–Crippen MR) is 91.8 cm³/mol. The Morgan fingerprint density at radius 3 is 2.52 bits per heavy atom. The summed E-state index contributed by atoms with van der Waals surface area (Å²) in [4.78, 5) is 4.91. The van der Waals surface area contributed by atoms with Gasteiger partial charge in [0.05, 0.1) is 17.7 Å². The van der Waals surface area contributed by atoms with E-state index in [2.05, 4.69) is 9.80 Å². The highest BCUT2D eigenvalue weighted by Crippen LogP contribution is 2.32. The zero-order chi connectivity index (χ0) is 16.2. The number of hydrogen-bond donors (Lipinski definition) is 0. The van der Waals surface area contributed by atoms with E-state index in [9.17, 15) is 4.39 Å². The van der Waals surface area contributed by atoms with Crippen LogP contribution in [0.1, 0.15) is 30.9 Å². The Bertz CT molecular complexity index is 538. The zero-order valence-corrected chi connectivity index (χ0v) is 14.8. The van der Waals surface area contributed by atoms with Crippen LogP contribution in [0.5, 0.6) is 0 Å². The number of likely N-dealkylation sites (tertiary alicyclic amines) is 1. The van der Waals surface area contributed by atoms with Crippen molar-refractivity contribution in [2.75, 3.05) is 45.9 Å². The number of nitrogens with zero attached hydrogens (tertiary/aromatic N) is 2. The van der Waals surface area contributed by atoms with Gasteiger partial charge in [0.15, 0.2) is 0 Å². The summed E-state index contributed by atoms with van der Waals surface area (Å²) in [6.07, 6.45) is 3.79. The first-order valence-electron chi connectivity index (χ1n) is 8.34. The second-order valence-corrected chi connectivity index (χ2v) is 7.16. The van der Waals surface area contributed by atoms with Crippen LogP contribution in [-0.4, -0.2) is 55.7 Å². The summed E-state index contributed by atoms with van der Waals surface area (Å²) in [5, 5.41) is 0.524. The molecule has 2 heterocycles. The molecule has 3 nitrogen and oxygen atoms in total. The van der Waals surface area contributed by atoms with Gasteiger partial charge in [-0.15, -0.1) is 0 Å². The van der Waals surface area contributed by atoms with E-state index in [4.69, 9.17) is 27.9 Å². The lowest BCUT2D eigenvalue weighted by atomic mass is 10.1. The maximum atomic E-state index is 13.7. The fourth-order valence-corrected chi connectivity index (χ4v) is 3.85. The zero-order valence-electron chi connectivity index (χ0n) is 13.2. The molecule has 0 aliphatic carbocycles. The van der Waals surface area contributed by atoms with Crippen LogP contribution in [-0.2, 0) is 4.74 Å². The Kier molecular flexibility index (Phi) is 6.16. The van der Waals surface area contributed by atoms with E-state index in [1.54, 1.807) is 0 Å². The monoisotopic (exact) mass is 360 g/mol. The van der Waals surface area contributed by atoms with E-state index < -0.39 is 5.82 Å². The van der Waals surface area contributed by atoms with Crippen molar-refractivity contribution in [1.82, 2.24) is 9.80 Å². The number of morpholine rings is 1. The van der Waals surface area contributed by atoms with Gasteiger partial charge >= 0.3 is 0 Å². The molecule has 1 aromatic rings. The van der Waals surface area contributed by atoms with E-state index >= 15 is 0 Å². The molecular weight excluding hydrogens is 338 g/mol. The van der Waals surface area contributed by atoms with Gasteiger partial charge in [0.2, 0.25) is 0 Å². The van der Waals surface area contributed by atoms with Crippen LogP contribution in [0.25, 0.3) is 0 Å². The van der Waals surface area contributed by atoms with Crippen LogP contribution in [0.15, 0.2) is 12.1 Å². The molecule has 1 atom stereocenters. The highest BCUT2D eigenvalue weighted by molar-refractivity contribution is 6.35. The maximum absolute atomic E-state index is 13.7. The number of halogens is 3. The first-order valence-corrected chi connectivity index (χ1v) is 9.10. The summed E-state index contributed by atoms with van der Waals surface area (Å²) in [5.74, 6) is -0.444. The van der Waals surface area contributed by atoms with Crippen LogP contribution in [0.4, 0.5) is 4.39 Å². The van der Waals surface area contributed by atoms with E-state index in [0.717, 1.165) is 26.2 Å². The number of piperidine rings is 1. The Hall–Kier alpha value is -0.390. The topological polar surface area (TPSA) is 15.7 Å². The number of ether oxygens (including phenoxy) is 1. The summed E-state index contributed by atoms with van der Waals surface area (Å²) in [7, 11) is 0. The normalized spacial score (nSPS) is 24.0. The molecule has 6 heteroatoms. The minimum atomic E-state index is -0.444. The van der Waals surface area contributed by atoms with Gasteiger partial charge in [0, 0.05) is 36.8 Å². The molecule has 128 valence electrons. The van der Waals surface area contributed by atoms with Crippen molar-refractivity contribution in [3.63, 3.8) is 0 Å². The minimum absolute atomic E-state index is 0.0523. The molecular formula is C17H23Cl2FN2O. The molecule has 2 fully saturated rings. The van der Waals surface area contributed by atoms with E-state index in [1.807, 2.05) is 0 Å².